The maximum atomic E-state index is 12.7. The Morgan fingerprint density at radius 3 is 2.30 bits per heavy atom. The number of unbranched alkanes of at least 4 members (excludes halogenated alkanes) is 1. The van der Waals surface area contributed by atoms with Gasteiger partial charge in [-0.2, -0.15) is 13.2 Å². The number of hydrogen-bond donors (Lipinski definition) is 1. The topological polar surface area (TPSA) is 12.0 Å². The Balaban J connectivity index is 3.01. The third kappa shape index (κ3) is 4.82. The van der Waals surface area contributed by atoms with Gasteiger partial charge in [0.05, 0.1) is 5.56 Å². The Morgan fingerprint density at radius 1 is 1.20 bits per heavy atom. The van der Waals surface area contributed by atoms with Crippen LogP contribution in [0.25, 0.3) is 0 Å². The highest BCUT2D eigenvalue weighted by atomic mass is 19.4. The zero-order valence-electron chi connectivity index (χ0n) is 12.6. The molecule has 0 amide bonds. The molecule has 0 radical (unpaired) electrons. The molecule has 4 heteroatoms. The van der Waals surface area contributed by atoms with Crippen molar-refractivity contribution in [1.82, 2.24) is 5.32 Å². The number of nitrogens with one attached hydrogen (secondary N) is 1. The highest BCUT2D eigenvalue weighted by Gasteiger charge is 2.31. The van der Waals surface area contributed by atoms with Crippen molar-refractivity contribution in [2.45, 2.75) is 65.2 Å². The summed E-state index contributed by atoms with van der Waals surface area (Å²) in [4.78, 5) is 0. The second-order valence-electron chi connectivity index (χ2n) is 5.59. The zero-order valence-corrected chi connectivity index (χ0v) is 12.6. The first-order valence-electron chi connectivity index (χ1n) is 7.19. The van der Waals surface area contributed by atoms with Crippen molar-refractivity contribution < 1.29 is 13.2 Å². The summed E-state index contributed by atoms with van der Waals surface area (Å²) in [7, 11) is 0. The van der Waals surface area contributed by atoms with Gasteiger partial charge in [0.25, 0.3) is 0 Å². The first kappa shape index (κ1) is 17.0. The van der Waals surface area contributed by atoms with E-state index in [0.717, 1.165) is 24.8 Å². The van der Waals surface area contributed by atoms with Crippen LogP contribution >= 0.6 is 0 Å². The van der Waals surface area contributed by atoms with Crippen LogP contribution in [0.3, 0.4) is 0 Å². The first-order valence-corrected chi connectivity index (χ1v) is 7.19. The van der Waals surface area contributed by atoms with Crippen LogP contribution in [0.15, 0.2) is 18.2 Å². The van der Waals surface area contributed by atoms with E-state index in [1.54, 1.807) is 13.0 Å². The van der Waals surface area contributed by atoms with Crippen LogP contribution in [-0.2, 0) is 6.18 Å². The van der Waals surface area contributed by atoms with E-state index in [-0.39, 0.29) is 6.04 Å². The first-order chi connectivity index (χ1) is 9.25. The molecule has 1 N–H and O–H groups in total. The van der Waals surface area contributed by atoms with E-state index in [1.807, 2.05) is 0 Å². The standard InChI is InChI=1S/C16H24F3N/c1-5-6-7-15(20-11(2)3)14-9-8-13(10-12(14)4)16(17,18)19/h8-11,15,20H,5-7H2,1-4H3. The van der Waals surface area contributed by atoms with Gasteiger partial charge < -0.3 is 5.32 Å². The Kier molecular flexibility index (Phi) is 6.06. The number of aryl methyl sites for hydroxylation is 1. The van der Waals surface area contributed by atoms with E-state index in [9.17, 15) is 13.2 Å². The minimum atomic E-state index is -4.27. The van der Waals surface area contributed by atoms with E-state index < -0.39 is 11.7 Å². The van der Waals surface area contributed by atoms with Crippen molar-refractivity contribution in [2.75, 3.05) is 0 Å². The average molecular weight is 287 g/mol. The van der Waals surface area contributed by atoms with Gasteiger partial charge in [-0.05, 0) is 36.6 Å². The van der Waals surface area contributed by atoms with Gasteiger partial charge in [0.15, 0.2) is 0 Å². The molecular formula is C16H24F3N. The molecule has 1 unspecified atom stereocenters. The highest BCUT2D eigenvalue weighted by molar-refractivity contribution is 5.34. The molecule has 0 aromatic heterocycles. The van der Waals surface area contributed by atoms with Gasteiger partial charge in [-0.3, -0.25) is 0 Å². The molecule has 0 saturated heterocycles. The largest absolute Gasteiger partial charge is 0.416 e. The molecule has 1 atom stereocenters. The van der Waals surface area contributed by atoms with Crippen molar-refractivity contribution >= 4 is 0 Å². The summed E-state index contributed by atoms with van der Waals surface area (Å²) in [5.74, 6) is 0. The summed E-state index contributed by atoms with van der Waals surface area (Å²) in [6.45, 7) is 7.98. The molecule has 114 valence electrons. The average Bonchev–Trinajstić information content (AvgIpc) is 2.33. The van der Waals surface area contributed by atoms with Crippen LogP contribution in [0.5, 0.6) is 0 Å². The predicted molar refractivity (Wildman–Crippen MR) is 76.7 cm³/mol. The maximum absolute atomic E-state index is 12.7. The molecule has 0 bridgehead atoms. The van der Waals surface area contributed by atoms with Gasteiger partial charge in [0.2, 0.25) is 0 Å². The lowest BCUT2D eigenvalue weighted by atomic mass is 9.94. The lowest BCUT2D eigenvalue weighted by Crippen LogP contribution is -2.28. The summed E-state index contributed by atoms with van der Waals surface area (Å²) in [5.41, 5.74) is 1.10. The molecule has 0 aliphatic rings. The fourth-order valence-corrected chi connectivity index (χ4v) is 2.38. The minimum absolute atomic E-state index is 0.122. The van der Waals surface area contributed by atoms with Gasteiger partial charge in [0, 0.05) is 12.1 Å². The van der Waals surface area contributed by atoms with Crippen molar-refractivity contribution in [3.63, 3.8) is 0 Å². The molecule has 1 aromatic rings. The van der Waals surface area contributed by atoms with E-state index >= 15 is 0 Å². The van der Waals surface area contributed by atoms with Crippen LogP contribution in [0, 0.1) is 6.92 Å². The normalized spacial score (nSPS) is 13.8. The predicted octanol–water partition coefficient (Wildman–Crippen LogP) is 5.24. The monoisotopic (exact) mass is 287 g/mol. The van der Waals surface area contributed by atoms with Crippen molar-refractivity contribution in [3.8, 4) is 0 Å². The van der Waals surface area contributed by atoms with Gasteiger partial charge in [-0.25, -0.2) is 0 Å². The van der Waals surface area contributed by atoms with Crippen LogP contribution in [0.2, 0.25) is 0 Å². The number of benzene rings is 1. The molecule has 0 heterocycles. The molecule has 1 nitrogen and oxygen atoms in total. The Hall–Kier alpha value is -1.03. The van der Waals surface area contributed by atoms with Gasteiger partial charge >= 0.3 is 6.18 Å². The molecule has 0 aliphatic heterocycles. The molecule has 1 rings (SSSR count). The molecular weight excluding hydrogens is 263 g/mol. The fraction of sp³-hybridized carbons (Fsp3) is 0.625. The number of halogens is 3. The number of rotatable bonds is 6. The van der Waals surface area contributed by atoms with Crippen LogP contribution < -0.4 is 5.32 Å². The van der Waals surface area contributed by atoms with Gasteiger partial charge in [0.1, 0.15) is 0 Å². The smallest absolute Gasteiger partial charge is 0.308 e. The third-order valence-electron chi connectivity index (χ3n) is 3.35. The summed E-state index contributed by atoms with van der Waals surface area (Å²) >= 11 is 0. The highest BCUT2D eigenvalue weighted by Crippen LogP contribution is 2.32. The number of hydrogen-bond acceptors (Lipinski definition) is 1. The van der Waals surface area contributed by atoms with Crippen LogP contribution in [0.1, 0.15) is 62.8 Å². The Bertz CT molecular complexity index is 424. The summed E-state index contributed by atoms with van der Waals surface area (Å²) in [6.07, 6.45) is -1.19. The lowest BCUT2D eigenvalue weighted by molar-refractivity contribution is -0.137. The lowest BCUT2D eigenvalue weighted by Gasteiger charge is -2.24. The summed E-state index contributed by atoms with van der Waals surface area (Å²) in [5, 5.41) is 3.45. The van der Waals surface area contributed by atoms with E-state index in [4.69, 9.17) is 0 Å². The Morgan fingerprint density at radius 2 is 1.85 bits per heavy atom. The molecule has 0 saturated carbocycles. The third-order valence-corrected chi connectivity index (χ3v) is 3.35. The van der Waals surface area contributed by atoms with Crippen molar-refractivity contribution in [2.24, 2.45) is 0 Å². The Labute approximate surface area is 119 Å². The van der Waals surface area contributed by atoms with E-state index in [1.165, 1.54) is 12.1 Å². The number of alkyl halides is 3. The van der Waals surface area contributed by atoms with Gasteiger partial charge in [-0.15, -0.1) is 0 Å². The second-order valence-corrected chi connectivity index (χ2v) is 5.59. The van der Waals surface area contributed by atoms with Crippen LogP contribution in [0.4, 0.5) is 13.2 Å². The van der Waals surface area contributed by atoms with Crippen LogP contribution in [-0.4, -0.2) is 6.04 Å². The van der Waals surface area contributed by atoms with E-state index in [0.29, 0.717) is 11.6 Å². The van der Waals surface area contributed by atoms with Crippen molar-refractivity contribution in [1.29, 1.82) is 0 Å². The SMILES string of the molecule is CCCCC(NC(C)C)c1ccc(C(F)(F)F)cc1C. The molecule has 0 aliphatic carbocycles. The second kappa shape index (κ2) is 7.11. The van der Waals surface area contributed by atoms with Crippen molar-refractivity contribution in [3.05, 3.63) is 34.9 Å². The zero-order chi connectivity index (χ0) is 15.3. The fourth-order valence-electron chi connectivity index (χ4n) is 2.38. The van der Waals surface area contributed by atoms with E-state index in [2.05, 4.69) is 26.1 Å². The molecule has 0 fully saturated rings. The van der Waals surface area contributed by atoms with Gasteiger partial charge in [-0.1, -0.05) is 39.7 Å². The molecule has 0 spiro atoms. The maximum Gasteiger partial charge on any atom is 0.416 e. The quantitative estimate of drug-likeness (QED) is 0.754. The molecule has 1 aromatic carbocycles. The summed E-state index contributed by atoms with van der Waals surface area (Å²) in [6, 6.07) is 4.48. The minimum Gasteiger partial charge on any atom is -0.308 e. The summed E-state index contributed by atoms with van der Waals surface area (Å²) < 4.78 is 38.1. The molecule has 20 heavy (non-hydrogen) atoms.